The van der Waals surface area contributed by atoms with Crippen LogP contribution in [-0.2, 0) is 6.54 Å². The molecule has 0 atom stereocenters. The second kappa shape index (κ2) is 4.09. The Morgan fingerprint density at radius 3 is 2.89 bits per heavy atom. The van der Waals surface area contributed by atoms with Crippen molar-refractivity contribution >= 4 is 28.4 Å². The summed E-state index contributed by atoms with van der Waals surface area (Å²) < 4.78 is 1.42. The molecule has 0 saturated heterocycles. The molecular weight excluding hydrogens is 246 g/mol. The number of carbonyl (C=O) groups excluding carboxylic acids is 1. The van der Waals surface area contributed by atoms with Crippen molar-refractivity contribution in [3.63, 3.8) is 0 Å². The second-order valence-electron chi connectivity index (χ2n) is 4.02. The molecule has 1 aromatic carbocycles. The summed E-state index contributed by atoms with van der Waals surface area (Å²) >= 11 is 0. The molecule has 0 spiro atoms. The molecule has 2 heterocycles. The van der Waals surface area contributed by atoms with Gasteiger partial charge in [0.25, 0.3) is 5.91 Å². The number of rotatable bonds is 2. The fourth-order valence-corrected chi connectivity index (χ4v) is 1.84. The van der Waals surface area contributed by atoms with Crippen molar-refractivity contribution in [1.82, 2.24) is 24.5 Å². The van der Waals surface area contributed by atoms with Gasteiger partial charge in [0.2, 0.25) is 0 Å². The van der Waals surface area contributed by atoms with E-state index in [0.29, 0.717) is 16.7 Å². The maximum atomic E-state index is 12.2. The summed E-state index contributed by atoms with van der Waals surface area (Å²) in [5, 5.41) is 7.73. The lowest BCUT2D eigenvalue weighted by molar-refractivity contribution is 0.0885. The molecule has 3 aromatic rings. The molecule has 0 saturated carbocycles. The third-order valence-electron chi connectivity index (χ3n) is 2.71. The Labute approximate surface area is 107 Å². The van der Waals surface area contributed by atoms with Gasteiger partial charge >= 0.3 is 0 Å². The molecule has 4 N–H and O–H groups in total. The smallest absolute Gasteiger partial charge is 0.255 e. The summed E-state index contributed by atoms with van der Waals surface area (Å²) in [6, 6.07) is 5.29. The van der Waals surface area contributed by atoms with Gasteiger partial charge in [0.1, 0.15) is 18.4 Å². The van der Waals surface area contributed by atoms with E-state index in [9.17, 15) is 4.79 Å². The number of aromatic nitrogens is 5. The van der Waals surface area contributed by atoms with Gasteiger partial charge in [-0.2, -0.15) is 9.90 Å². The number of benzene rings is 1. The van der Waals surface area contributed by atoms with Crippen molar-refractivity contribution in [3.8, 4) is 0 Å². The molecule has 0 radical (unpaired) electrons. The number of nitrogens with two attached hydrogens (primary N) is 2. The first-order valence-electron chi connectivity index (χ1n) is 5.55. The highest BCUT2D eigenvalue weighted by Crippen LogP contribution is 2.18. The van der Waals surface area contributed by atoms with E-state index in [2.05, 4.69) is 15.2 Å². The SMILES string of the molecule is Nc1cnn(CC(=O)n2cnc3c(N)cccc32)n1. The van der Waals surface area contributed by atoms with E-state index in [1.54, 1.807) is 18.2 Å². The van der Waals surface area contributed by atoms with Gasteiger partial charge in [0.05, 0.1) is 17.4 Å². The number of hydrogen-bond acceptors (Lipinski definition) is 6. The third kappa shape index (κ3) is 1.88. The predicted molar refractivity (Wildman–Crippen MR) is 69.2 cm³/mol. The average molecular weight is 257 g/mol. The van der Waals surface area contributed by atoms with Gasteiger partial charge in [-0.25, -0.2) is 4.98 Å². The van der Waals surface area contributed by atoms with Crippen molar-refractivity contribution in [1.29, 1.82) is 0 Å². The van der Waals surface area contributed by atoms with Gasteiger partial charge in [-0.1, -0.05) is 6.07 Å². The van der Waals surface area contributed by atoms with Crippen LogP contribution in [0.15, 0.2) is 30.7 Å². The van der Waals surface area contributed by atoms with Crippen molar-refractivity contribution in [2.45, 2.75) is 6.54 Å². The molecule has 19 heavy (non-hydrogen) atoms. The predicted octanol–water partition coefficient (Wildman–Crippen LogP) is 0.133. The lowest BCUT2D eigenvalue weighted by Gasteiger charge is -2.02. The van der Waals surface area contributed by atoms with Crippen LogP contribution in [0.5, 0.6) is 0 Å². The number of para-hydroxylation sites is 1. The molecule has 0 aliphatic rings. The second-order valence-corrected chi connectivity index (χ2v) is 4.02. The molecule has 0 aliphatic heterocycles. The Bertz CT molecular complexity index is 757. The van der Waals surface area contributed by atoms with Crippen LogP contribution in [0.2, 0.25) is 0 Å². The largest absolute Gasteiger partial charge is 0.397 e. The highest BCUT2D eigenvalue weighted by Gasteiger charge is 2.12. The summed E-state index contributed by atoms with van der Waals surface area (Å²) in [7, 11) is 0. The van der Waals surface area contributed by atoms with E-state index in [-0.39, 0.29) is 18.3 Å². The van der Waals surface area contributed by atoms with E-state index in [1.165, 1.54) is 21.9 Å². The van der Waals surface area contributed by atoms with Crippen LogP contribution in [0, 0.1) is 0 Å². The van der Waals surface area contributed by atoms with Crippen molar-refractivity contribution < 1.29 is 4.79 Å². The molecule has 8 nitrogen and oxygen atoms in total. The van der Waals surface area contributed by atoms with Crippen molar-refractivity contribution in [2.24, 2.45) is 0 Å². The molecule has 8 heteroatoms. The first-order chi connectivity index (χ1) is 9.15. The molecule has 0 amide bonds. The Morgan fingerprint density at radius 2 is 2.16 bits per heavy atom. The third-order valence-corrected chi connectivity index (χ3v) is 2.71. The van der Waals surface area contributed by atoms with Crippen LogP contribution in [0.1, 0.15) is 4.79 Å². The highest BCUT2D eigenvalue weighted by molar-refractivity contribution is 5.94. The monoisotopic (exact) mass is 257 g/mol. The molecule has 96 valence electrons. The molecule has 0 bridgehead atoms. The molecule has 0 fully saturated rings. The fraction of sp³-hybridized carbons (Fsp3) is 0.0909. The lowest BCUT2D eigenvalue weighted by Crippen LogP contribution is -2.18. The van der Waals surface area contributed by atoms with E-state index in [0.717, 1.165) is 0 Å². The number of nitrogens with zero attached hydrogens (tertiary/aromatic N) is 5. The molecule has 0 aliphatic carbocycles. The van der Waals surface area contributed by atoms with Crippen LogP contribution >= 0.6 is 0 Å². The Balaban J connectivity index is 1.96. The fourth-order valence-electron chi connectivity index (χ4n) is 1.84. The standard InChI is InChI=1S/C11H11N7O/c12-7-2-1-3-8-11(7)14-6-17(8)10(19)5-18-15-4-9(13)16-18/h1-4,6H,5,12H2,(H2,13,16). The summed E-state index contributed by atoms with van der Waals surface area (Å²) in [5.41, 5.74) is 13.0. The van der Waals surface area contributed by atoms with Gasteiger partial charge in [0, 0.05) is 0 Å². The van der Waals surface area contributed by atoms with Crippen LogP contribution in [-0.4, -0.2) is 30.5 Å². The number of anilines is 2. The van der Waals surface area contributed by atoms with Crippen LogP contribution in [0.4, 0.5) is 11.5 Å². The van der Waals surface area contributed by atoms with Gasteiger partial charge in [-0.05, 0) is 12.1 Å². The van der Waals surface area contributed by atoms with Gasteiger partial charge in [-0.15, -0.1) is 5.10 Å². The van der Waals surface area contributed by atoms with Crippen molar-refractivity contribution in [3.05, 3.63) is 30.7 Å². The number of carbonyl (C=O) groups is 1. The van der Waals surface area contributed by atoms with E-state index >= 15 is 0 Å². The van der Waals surface area contributed by atoms with Crippen LogP contribution in [0.3, 0.4) is 0 Å². The van der Waals surface area contributed by atoms with E-state index in [1.807, 2.05) is 0 Å². The molecular formula is C11H11N7O. The Morgan fingerprint density at radius 1 is 1.32 bits per heavy atom. The Hall–Kier alpha value is -2.90. The first-order valence-corrected chi connectivity index (χ1v) is 5.55. The molecule has 3 rings (SSSR count). The molecule has 0 unspecified atom stereocenters. The lowest BCUT2D eigenvalue weighted by atomic mass is 10.3. The topological polar surface area (TPSA) is 118 Å². The quantitative estimate of drug-likeness (QED) is 0.630. The minimum Gasteiger partial charge on any atom is -0.397 e. The number of hydrogen-bond donors (Lipinski definition) is 2. The summed E-state index contributed by atoms with van der Waals surface area (Å²) in [4.78, 5) is 17.5. The number of fused-ring (bicyclic) bond motifs is 1. The zero-order chi connectivity index (χ0) is 13.4. The summed E-state index contributed by atoms with van der Waals surface area (Å²) in [6.45, 7) is -0.0164. The van der Waals surface area contributed by atoms with Crippen molar-refractivity contribution in [2.75, 3.05) is 11.5 Å². The first kappa shape index (κ1) is 11.2. The maximum absolute atomic E-state index is 12.2. The average Bonchev–Trinajstić information content (AvgIpc) is 2.96. The summed E-state index contributed by atoms with van der Waals surface area (Å²) in [5.74, 6) is 0.0521. The maximum Gasteiger partial charge on any atom is 0.255 e. The van der Waals surface area contributed by atoms with Gasteiger partial charge in [0.15, 0.2) is 5.82 Å². The normalized spacial score (nSPS) is 10.9. The highest BCUT2D eigenvalue weighted by atomic mass is 16.2. The number of imidazole rings is 1. The van der Waals surface area contributed by atoms with Gasteiger partial charge < -0.3 is 11.5 Å². The molecule has 2 aromatic heterocycles. The Kier molecular flexibility index (Phi) is 2.41. The number of nitrogen functional groups attached to an aromatic ring is 2. The zero-order valence-corrected chi connectivity index (χ0v) is 9.89. The minimum absolute atomic E-state index is 0.0164. The van der Waals surface area contributed by atoms with E-state index in [4.69, 9.17) is 11.5 Å². The minimum atomic E-state index is -0.219. The van der Waals surface area contributed by atoms with E-state index < -0.39 is 0 Å². The zero-order valence-electron chi connectivity index (χ0n) is 9.89. The summed E-state index contributed by atoms with van der Waals surface area (Å²) in [6.07, 6.45) is 2.83. The van der Waals surface area contributed by atoms with Crippen LogP contribution in [0.25, 0.3) is 11.0 Å². The van der Waals surface area contributed by atoms with Gasteiger partial charge in [-0.3, -0.25) is 9.36 Å². The van der Waals surface area contributed by atoms with Crippen LogP contribution < -0.4 is 11.5 Å².